The molecule has 0 unspecified atom stereocenters. The monoisotopic (exact) mass is 561 g/mol. The van der Waals surface area contributed by atoms with Gasteiger partial charge in [-0.2, -0.15) is 0 Å². The summed E-state index contributed by atoms with van der Waals surface area (Å²) >= 11 is 0. The Morgan fingerprint density at radius 3 is 2.23 bits per heavy atom. The van der Waals surface area contributed by atoms with Crippen molar-refractivity contribution >= 4 is 11.8 Å². The number of hydrogen-bond donors (Lipinski definition) is 4. The molecule has 1 heterocycles. The molecule has 1 saturated heterocycles. The summed E-state index contributed by atoms with van der Waals surface area (Å²) in [5, 5.41) is 34.4. The standard InChI is InChI=1S/C30H41F2N3O5/c1-4-7-35(8-5-2)30(40)22-11-19(3)10-21(15-22)29(39)33-26(14-20-12-23(31)16-24(32)13-20)28(38)27(37)18-34-9-6-25(36)17-34/h10-13,15-16,25-28,36-38H,4-9,14,17-18H2,1-3H3,(H,33,39)/t25-,26+,27-,28+/m1/s1. The minimum Gasteiger partial charge on any atom is -0.392 e. The molecule has 1 aliphatic rings. The quantitative estimate of drug-likeness (QED) is 0.299. The summed E-state index contributed by atoms with van der Waals surface area (Å²) in [6.07, 6.45) is -1.32. The zero-order chi connectivity index (χ0) is 29.4. The topological polar surface area (TPSA) is 113 Å². The highest BCUT2D eigenvalue weighted by Gasteiger charge is 2.32. The zero-order valence-electron chi connectivity index (χ0n) is 23.4. The van der Waals surface area contributed by atoms with E-state index >= 15 is 0 Å². The van der Waals surface area contributed by atoms with E-state index in [9.17, 15) is 33.7 Å². The lowest BCUT2D eigenvalue weighted by Gasteiger charge is -2.30. The van der Waals surface area contributed by atoms with Crippen molar-refractivity contribution in [2.24, 2.45) is 0 Å². The number of aliphatic hydroxyl groups is 3. The molecule has 3 rings (SSSR count). The third-order valence-corrected chi connectivity index (χ3v) is 7.05. The molecule has 2 amide bonds. The third-order valence-electron chi connectivity index (χ3n) is 7.05. The molecule has 1 aliphatic heterocycles. The second kappa shape index (κ2) is 14.6. The molecule has 0 radical (unpaired) electrons. The van der Waals surface area contributed by atoms with E-state index in [0.29, 0.717) is 43.7 Å². The minimum atomic E-state index is -1.48. The smallest absolute Gasteiger partial charge is 0.253 e. The van der Waals surface area contributed by atoms with Gasteiger partial charge in [-0.1, -0.05) is 13.8 Å². The number of aryl methyl sites for hydroxylation is 1. The van der Waals surface area contributed by atoms with Crippen molar-refractivity contribution in [1.82, 2.24) is 15.1 Å². The van der Waals surface area contributed by atoms with Crippen LogP contribution in [0.5, 0.6) is 0 Å². The molecule has 0 saturated carbocycles. The summed E-state index contributed by atoms with van der Waals surface area (Å²) in [5.41, 5.74) is 1.45. The van der Waals surface area contributed by atoms with Crippen LogP contribution in [0.4, 0.5) is 8.78 Å². The van der Waals surface area contributed by atoms with Gasteiger partial charge in [-0.3, -0.25) is 14.5 Å². The zero-order valence-corrected chi connectivity index (χ0v) is 23.4. The molecule has 220 valence electrons. The van der Waals surface area contributed by atoms with E-state index in [1.807, 2.05) is 13.8 Å². The fourth-order valence-electron chi connectivity index (χ4n) is 5.19. The van der Waals surface area contributed by atoms with Gasteiger partial charge in [0.2, 0.25) is 0 Å². The first-order chi connectivity index (χ1) is 19.0. The molecular formula is C30H41F2N3O5. The van der Waals surface area contributed by atoms with Crippen LogP contribution in [0.3, 0.4) is 0 Å². The highest BCUT2D eigenvalue weighted by atomic mass is 19.1. The molecule has 0 spiro atoms. The van der Waals surface area contributed by atoms with Crippen LogP contribution >= 0.6 is 0 Å². The first kappa shape index (κ1) is 31.6. The number of benzene rings is 2. The van der Waals surface area contributed by atoms with E-state index in [2.05, 4.69) is 5.32 Å². The Kier molecular flexibility index (Phi) is 11.6. The predicted octanol–water partition coefficient (Wildman–Crippen LogP) is 2.66. The van der Waals surface area contributed by atoms with Gasteiger partial charge in [0.25, 0.3) is 11.8 Å². The fraction of sp³-hybridized carbons (Fsp3) is 0.533. The number of β-amino-alcohol motifs (C(OH)–C–C–N with tert-alkyl or cyclic N) is 2. The molecule has 2 aromatic rings. The van der Waals surface area contributed by atoms with Crippen LogP contribution in [-0.2, 0) is 6.42 Å². The molecular weight excluding hydrogens is 520 g/mol. The summed E-state index contributed by atoms with van der Waals surface area (Å²) < 4.78 is 27.8. The Labute approximate surface area is 234 Å². The van der Waals surface area contributed by atoms with Crippen molar-refractivity contribution in [3.05, 3.63) is 70.3 Å². The third kappa shape index (κ3) is 8.79. The normalized spacial score (nSPS) is 17.9. The van der Waals surface area contributed by atoms with Crippen LogP contribution in [-0.4, -0.2) is 94.0 Å². The Morgan fingerprint density at radius 2 is 1.65 bits per heavy atom. The van der Waals surface area contributed by atoms with Crippen LogP contribution in [0.2, 0.25) is 0 Å². The lowest BCUT2D eigenvalue weighted by Crippen LogP contribution is -2.52. The molecule has 2 aromatic carbocycles. The van der Waals surface area contributed by atoms with Gasteiger partial charge in [0.15, 0.2) is 0 Å². The average Bonchev–Trinajstić information content (AvgIpc) is 3.30. The Morgan fingerprint density at radius 1 is 1.02 bits per heavy atom. The number of hydrogen-bond acceptors (Lipinski definition) is 6. The Balaban J connectivity index is 1.85. The maximum Gasteiger partial charge on any atom is 0.253 e. The van der Waals surface area contributed by atoms with E-state index < -0.39 is 41.9 Å². The van der Waals surface area contributed by atoms with E-state index in [1.165, 1.54) is 6.07 Å². The van der Waals surface area contributed by atoms with Gasteiger partial charge in [-0.25, -0.2) is 8.78 Å². The Hall–Kier alpha value is -2.92. The van der Waals surface area contributed by atoms with Gasteiger partial charge >= 0.3 is 0 Å². The fourth-order valence-corrected chi connectivity index (χ4v) is 5.19. The van der Waals surface area contributed by atoms with E-state index in [-0.39, 0.29) is 30.0 Å². The predicted molar refractivity (Wildman–Crippen MR) is 148 cm³/mol. The Bertz CT molecular complexity index is 1140. The number of halogens is 2. The minimum absolute atomic E-state index is 0.0515. The van der Waals surface area contributed by atoms with Gasteiger partial charge in [0.1, 0.15) is 17.7 Å². The van der Waals surface area contributed by atoms with Crippen LogP contribution < -0.4 is 5.32 Å². The maximum atomic E-state index is 13.9. The second-order valence-corrected chi connectivity index (χ2v) is 10.7. The first-order valence-corrected chi connectivity index (χ1v) is 13.9. The average molecular weight is 562 g/mol. The van der Waals surface area contributed by atoms with Gasteiger partial charge in [-0.15, -0.1) is 0 Å². The molecule has 1 fully saturated rings. The van der Waals surface area contributed by atoms with Crippen molar-refractivity contribution in [2.45, 2.75) is 70.8 Å². The SMILES string of the molecule is CCCN(CCC)C(=O)c1cc(C)cc(C(=O)N[C@@H](Cc2cc(F)cc(F)c2)[C@H](O)[C@H](O)CN2CC[C@@H](O)C2)c1. The highest BCUT2D eigenvalue weighted by molar-refractivity contribution is 6.00. The number of likely N-dealkylation sites (tertiary alicyclic amines) is 1. The first-order valence-electron chi connectivity index (χ1n) is 13.9. The summed E-state index contributed by atoms with van der Waals surface area (Å²) in [6.45, 7) is 7.87. The number of rotatable bonds is 13. The van der Waals surface area contributed by atoms with Gasteiger partial charge in [-0.05, 0) is 74.1 Å². The number of carbonyl (C=O) groups excluding carboxylic acids is 2. The summed E-state index contributed by atoms with van der Waals surface area (Å²) in [7, 11) is 0. The van der Waals surface area contributed by atoms with Crippen LogP contribution in [0.1, 0.15) is 65.0 Å². The van der Waals surface area contributed by atoms with Crippen LogP contribution in [0.15, 0.2) is 36.4 Å². The van der Waals surface area contributed by atoms with Crippen LogP contribution in [0, 0.1) is 18.6 Å². The molecule has 0 aliphatic carbocycles. The van der Waals surface area contributed by atoms with Crippen molar-refractivity contribution in [2.75, 3.05) is 32.7 Å². The van der Waals surface area contributed by atoms with Gasteiger partial charge in [0, 0.05) is 49.9 Å². The summed E-state index contributed by atoms with van der Waals surface area (Å²) in [6, 6.07) is 6.67. The van der Waals surface area contributed by atoms with E-state index in [0.717, 1.165) is 31.0 Å². The molecule has 8 nitrogen and oxygen atoms in total. The van der Waals surface area contributed by atoms with Crippen molar-refractivity contribution in [3.63, 3.8) is 0 Å². The maximum absolute atomic E-state index is 13.9. The van der Waals surface area contributed by atoms with Crippen molar-refractivity contribution in [1.29, 1.82) is 0 Å². The van der Waals surface area contributed by atoms with Gasteiger partial charge < -0.3 is 25.5 Å². The molecule has 10 heteroatoms. The van der Waals surface area contributed by atoms with Crippen molar-refractivity contribution < 1.29 is 33.7 Å². The molecule has 0 bridgehead atoms. The van der Waals surface area contributed by atoms with Crippen molar-refractivity contribution in [3.8, 4) is 0 Å². The lowest BCUT2D eigenvalue weighted by molar-refractivity contribution is -0.0189. The highest BCUT2D eigenvalue weighted by Crippen LogP contribution is 2.18. The second-order valence-electron chi connectivity index (χ2n) is 10.7. The molecule has 4 N–H and O–H groups in total. The van der Waals surface area contributed by atoms with Gasteiger partial charge in [0.05, 0.1) is 18.2 Å². The molecule has 4 atom stereocenters. The number of amides is 2. The van der Waals surface area contributed by atoms with E-state index in [4.69, 9.17) is 0 Å². The largest absolute Gasteiger partial charge is 0.392 e. The number of nitrogens with zero attached hydrogens (tertiary/aromatic N) is 2. The number of nitrogens with one attached hydrogen (secondary N) is 1. The molecule has 0 aromatic heterocycles. The summed E-state index contributed by atoms with van der Waals surface area (Å²) in [5.74, 6) is -2.38. The van der Waals surface area contributed by atoms with E-state index in [1.54, 1.807) is 28.9 Å². The summed E-state index contributed by atoms with van der Waals surface area (Å²) in [4.78, 5) is 30.2. The van der Waals surface area contributed by atoms with Crippen LogP contribution in [0.25, 0.3) is 0 Å². The number of carbonyl (C=O) groups is 2. The lowest BCUT2D eigenvalue weighted by atomic mass is 9.96. The number of aliphatic hydroxyl groups excluding tert-OH is 3. The molecule has 40 heavy (non-hydrogen) atoms.